The minimum atomic E-state index is -0.484. The van der Waals surface area contributed by atoms with Crippen LogP contribution in [0.5, 0.6) is 11.5 Å². The quantitative estimate of drug-likeness (QED) is 0.672. The molecule has 7 nitrogen and oxygen atoms in total. The second-order valence-corrected chi connectivity index (χ2v) is 5.49. The molecule has 0 aromatic heterocycles. The van der Waals surface area contributed by atoms with Crippen LogP contribution in [-0.2, 0) is 11.2 Å². The summed E-state index contributed by atoms with van der Waals surface area (Å²) < 4.78 is 10.6. The SMILES string of the molecule is Cc1ccc([N+](=O)[O-])cc1NC(=O)CCc1ccc2c(c1)OCO2. The number of carbonyl (C=O) groups excluding carboxylic acids is 1. The van der Waals surface area contributed by atoms with E-state index in [0.29, 0.717) is 23.6 Å². The standard InChI is InChI=1S/C17H16N2O5/c1-11-2-5-13(19(21)22)9-14(11)18-17(20)7-4-12-3-6-15-16(8-12)24-10-23-15/h2-3,5-6,8-9H,4,7,10H2,1H3,(H,18,20). The second-order valence-electron chi connectivity index (χ2n) is 5.49. The molecule has 0 spiro atoms. The average Bonchev–Trinajstić information content (AvgIpc) is 3.02. The largest absolute Gasteiger partial charge is 0.454 e. The first-order valence-electron chi connectivity index (χ1n) is 7.46. The van der Waals surface area contributed by atoms with Gasteiger partial charge in [0.2, 0.25) is 12.7 Å². The average molecular weight is 328 g/mol. The highest BCUT2D eigenvalue weighted by atomic mass is 16.7. The van der Waals surface area contributed by atoms with E-state index in [0.717, 1.165) is 11.1 Å². The zero-order chi connectivity index (χ0) is 17.1. The molecule has 1 heterocycles. The van der Waals surface area contributed by atoms with Crippen molar-refractivity contribution in [2.45, 2.75) is 19.8 Å². The van der Waals surface area contributed by atoms with Crippen LogP contribution in [0.15, 0.2) is 36.4 Å². The lowest BCUT2D eigenvalue weighted by molar-refractivity contribution is -0.384. The van der Waals surface area contributed by atoms with Gasteiger partial charge in [-0.3, -0.25) is 14.9 Å². The summed E-state index contributed by atoms with van der Waals surface area (Å²) >= 11 is 0. The highest BCUT2D eigenvalue weighted by Gasteiger charge is 2.14. The highest BCUT2D eigenvalue weighted by molar-refractivity contribution is 5.92. The van der Waals surface area contributed by atoms with E-state index in [-0.39, 0.29) is 24.8 Å². The Labute approximate surface area is 138 Å². The first kappa shape index (κ1) is 15.8. The summed E-state index contributed by atoms with van der Waals surface area (Å²) in [7, 11) is 0. The van der Waals surface area contributed by atoms with Gasteiger partial charge in [0.25, 0.3) is 5.69 Å². The molecule has 0 unspecified atom stereocenters. The van der Waals surface area contributed by atoms with Crippen molar-refractivity contribution in [1.29, 1.82) is 0 Å². The maximum absolute atomic E-state index is 12.1. The van der Waals surface area contributed by atoms with Gasteiger partial charge in [0.1, 0.15) is 0 Å². The van der Waals surface area contributed by atoms with Crippen LogP contribution in [0.2, 0.25) is 0 Å². The molecule has 0 atom stereocenters. The van der Waals surface area contributed by atoms with Gasteiger partial charge in [0.05, 0.1) is 10.6 Å². The molecule has 2 aromatic rings. The van der Waals surface area contributed by atoms with E-state index in [1.54, 1.807) is 13.0 Å². The zero-order valence-corrected chi connectivity index (χ0v) is 13.1. The third-order valence-corrected chi connectivity index (χ3v) is 3.78. The fourth-order valence-corrected chi connectivity index (χ4v) is 2.43. The third-order valence-electron chi connectivity index (χ3n) is 3.78. The maximum atomic E-state index is 12.1. The first-order chi connectivity index (χ1) is 11.5. The molecule has 0 aliphatic carbocycles. The molecule has 0 radical (unpaired) electrons. The number of nitro benzene ring substituents is 1. The van der Waals surface area contributed by atoms with Gasteiger partial charge in [-0.25, -0.2) is 0 Å². The van der Waals surface area contributed by atoms with Crippen molar-refractivity contribution < 1.29 is 19.2 Å². The fourth-order valence-electron chi connectivity index (χ4n) is 2.43. The Morgan fingerprint density at radius 2 is 2.00 bits per heavy atom. The summed E-state index contributed by atoms with van der Waals surface area (Å²) in [5, 5.41) is 13.6. The van der Waals surface area contributed by atoms with Crippen LogP contribution in [0.4, 0.5) is 11.4 Å². The van der Waals surface area contributed by atoms with Gasteiger partial charge in [-0.15, -0.1) is 0 Å². The molecular formula is C17H16N2O5. The third kappa shape index (κ3) is 3.45. The fraction of sp³-hybridized carbons (Fsp3) is 0.235. The molecule has 1 aliphatic rings. The number of nitro groups is 1. The number of rotatable bonds is 5. The summed E-state index contributed by atoms with van der Waals surface area (Å²) in [5.74, 6) is 1.19. The molecule has 124 valence electrons. The van der Waals surface area contributed by atoms with E-state index in [2.05, 4.69) is 5.32 Å². The Morgan fingerprint density at radius 1 is 1.21 bits per heavy atom. The van der Waals surface area contributed by atoms with E-state index in [9.17, 15) is 14.9 Å². The van der Waals surface area contributed by atoms with Crippen molar-refractivity contribution in [2.75, 3.05) is 12.1 Å². The van der Waals surface area contributed by atoms with Crippen LogP contribution >= 0.6 is 0 Å². The van der Waals surface area contributed by atoms with Crippen molar-refractivity contribution in [3.63, 3.8) is 0 Å². The van der Waals surface area contributed by atoms with Gasteiger partial charge in [-0.05, 0) is 36.6 Å². The molecule has 1 aliphatic heterocycles. The summed E-state index contributed by atoms with van der Waals surface area (Å²) in [4.78, 5) is 22.5. The lowest BCUT2D eigenvalue weighted by Gasteiger charge is -2.08. The number of nitrogens with one attached hydrogen (secondary N) is 1. The summed E-state index contributed by atoms with van der Waals surface area (Å²) in [6.07, 6.45) is 0.804. The molecule has 3 rings (SSSR count). The number of hydrogen-bond acceptors (Lipinski definition) is 5. The Hall–Kier alpha value is -3.09. The molecule has 2 aromatic carbocycles. The van der Waals surface area contributed by atoms with E-state index in [1.807, 2.05) is 18.2 Å². The van der Waals surface area contributed by atoms with Crippen molar-refractivity contribution in [3.8, 4) is 11.5 Å². The molecular weight excluding hydrogens is 312 g/mol. The van der Waals surface area contributed by atoms with Gasteiger partial charge in [0.15, 0.2) is 11.5 Å². The van der Waals surface area contributed by atoms with Gasteiger partial charge < -0.3 is 14.8 Å². The van der Waals surface area contributed by atoms with Crippen molar-refractivity contribution >= 4 is 17.3 Å². The molecule has 0 saturated heterocycles. The lowest BCUT2D eigenvalue weighted by Crippen LogP contribution is -2.13. The normalized spacial score (nSPS) is 12.0. The van der Waals surface area contributed by atoms with Crippen LogP contribution in [0, 0.1) is 17.0 Å². The summed E-state index contributed by atoms with van der Waals surface area (Å²) in [6.45, 7) is 2.00. The number of amides is 1. The number of nitrogens with zero attached hydrogens (tertiary/aromatic N) is 1. The predicted molar refractivity (Wildman–Crippen MR) is 87.3 cm³/mol. The van der Waals surface area contributed by atoms with Gasteiger partial charge in [-0.1, -0.05) is 12.1 Å². The minimum absolute atomic E-state index is 0.0494. The van der Waals surface area contributed by atoms with Crippen LogP contribution in [-0.4, -0.2) is 17.6 Å². The van der Waals surface area contributed by atoms with E-state index < -0.39 is 4.92 Å². The van der Waals surface area contributed by atoms with Crippen LogP contribution < -0.4 is 14.8 Å². The van der Waals surface area contributed by atoms with Crippen molar-refractivity contribution in [1.82, 2.24) is 0 Å². The smallest absolute Gasteiger partial charge is 0.271 e. The molecule has 0 bridgehead atoms. The Morgan fingerprint density at radius 3 is 2.79 bits per heavy atom. The molecule has 1 N–H and O–H groups in total. The summed E-state index contributed by atoms with van der Waals surface area (Å²) in [5.41, 5.74) is 2.15. The zero-order valence-electron chi connectivity index (χ0n) is 13.1. The number of anilines is 1. The lowest BCUT2D eigenvalue weighted by atomic mass is 10.1. The molecule has 1 amide bonds. The molecule has 7 heteroatoms. The number of hydrogen-bond donors (Lipinski definition) is 1. The van der Waals surface area contributed by atoms with Gasteiger partial charge in [0, 0.05) is 18.6 Å². The Bertz CT molecular complexity index is 804. The topological polar surface area (TPSA) is 90.7 Å². The van der Waals surface area contributed by atoms with Gasteiger partial charge >= 0.3 is 0 Å². The van der Waals surface area contributed by atoms with E-state index in [1.165, 1.54) is 12.1 Å². The van der Waals surface area contributed by atoms with Crippen LogP contribution in [0.3, 0.4) is 0 Å². The highest BCUT2D eigenvalue weighted by Crippen LogP contribution is 2.32. The number of aryl methyl sites for hydroxylation is 2. The number of fused-ring (bicyclic) bond motifs is 1. The second kappa shape index (κ2) is 6.57. The summed E-state index contributed by atoms with van der Waals surface area (Å²) in [6, 6.07) is 9.96. The number of ether oxygens (including phenoxy) is 2. The minimum Gasteiger partial charge on any atom is -0.454 e. The Balaban J connectivity index is 1.62. The molecule has 24 heavy (non-hydrogen) atoms. The Kier molecular flexibility index (Phi) is 4.33. The maximum Gasteiger partial charge on any atom is 0.271 e. The van der Waals surface area contributed by atoms with Gasteiger partial charge in [-0.2, -0.15) is 0 Å². The molecule has 0 saturated carbocycles. The van der Waals surface area contributed by atoms with E-state index in [4.69, 9.17) is 9.47 Å². The monoisotopic (exact) mass is 328 g/mol. The van der Waals surface area contributed by atoms with Crippen LogP contribution in [0.25, 0.3) is 0 Å². The molecule has 0 fully saturated rings. The number of benzene rings is 2. The number of non-ortho nitro benzene ring substituents is 1. The van der Waals surface area contributed by atoms with Crippen molar-refractivity contribution in [2.24, 2.45) is 0 Å². The number of carbonyl (C=O) groups is 1. The van der Waals surface area contributed by atoms with Crippen LogP contribution in [0.1, 0.15) is 17.5 Å². The van der Waals surface area contributed by atoms with Crippen molar-refractivity contribution in [3.05, 3.63) is 57.6 Å². The predicted octanol–water partition coefficient (Wildman–Crippen LogP) is 3.20. The first-order valence-corrected chi connectivity index (χ1v) is 7.46. The van der Waals surface area contributed by atoms with E-state index >= 15 is 0 Å².